The molecule has 108 valence electrons. The van der Waals surface area contributed by atoms with Crippen LogP contribution in [0.4, 0.5) is 10.5 Å². The van der Waals surface area contributed by atoms with Gasteiger partial charge >= 0.3 is 6.03 Å². The van der Waals surface area contributed by atoms with Crippen LogP contribution in [0.2, 0.25) is 0 Å². The van der Waals surface area contributed by atoms with E-state index in [2.05, 4.69) is 39.8 Å². The smallest absolute Gasteiger partial charge is 0.315 e. The van der Waals surface area contributed by atoms with E-state index in [9.17, 15) is 4.79 Å². The number of aliphatic hydroxyl groups is 1. The van der Waals surface area contributed by atoms with Crippen LogP contribution in [0.3, 0.4) is 0 Å². The normalized spacial score (nSPS) is 15.2. The van der Waals surface area contributed by atoms with Crippen LogP contribution < -0.4 is 15.5 Å². The standard InChI is InChI=1S/C15H21N3O2/c1-12(11-19)17-15(20)16-10-13-4-6-14(7-5-13)18-8-2-3-9-18/h2-7,12,19H,8-11H2,1H3,(H2,16,17,20). The van der Waals surface area contributed by atoms with Gasteiger partial charge in [0.2, 0.25) is 0 Å². The van der Waals surface area contributed by atoms with Crippen molar-refractivity contribution in [1.82, 2.24) is 10.6 Å². The summed E-state index contributed by atoms with van der Waals surface area (Å²) in [7, 11) is 0. The minimum Gasteiger partial charge on any atom is -0.394 e. The third-order valence-electron chi connectivity index (χ3n) is 3.22. The van der Waals surface area contributed by atoms with E-state index in [4.69, 9.17) is 5.11 Å². The second kappa shape index (κ2) is 6.96. The zero-order chi connectivity index (χ0) is 14.4. The number of carbonyl (C=O) groups excluding carboxylic acids is 1. The monoisotopic (exact) mass is 275 g/mol. The highest BCUT2D eigenvalue weighted by molar-refractivity contribution is 5.74. The highest BCUT2D eigenvalue weighted by atomic mass is 16.3. The van der Waals surface area contributed by atoms with Gasteiger partial charge in [-0.25, -0.2) is 4.79 Å². The summed E-state index contributed by atoms with van der Waals surface area (Å²) in [5, 5.41) is 14.3. The summed E-state index contributed by atoms with van der Waals surface area (Å²) in [6.45, 7) is 4.07. The third-order valence-corrected chi connectivity index (χ3v) is 3.22. The molecule has 1 unspecified atom stereocenters. The molecule has 5 heteroatoms. The lowest BCUT2D eigenvalue weighted by Gasteiger charge is -2.18. The van der Waals surface area contributed by atoms with Gasteiger partial charge in [-0.15, -0.1) is 0 Å². The molecule has 1 aliphatic rings. The van der Waals surface area contributed by atoms with E-state index in [0.29, 0.717) is 6.54 Å². The van der Waals surface area contributed by atoms with E-state index >= 15 is 0 Å². The van der Waals surface area contributed by atoms with Crippen molar-refractivity contribution in [2.24, 2.45) is 0 Å². The third kappa shape index (κ3) is 3.99. The molecule has 1 atom stereocenters. The topological polar surface area (TPSA) is 64.6 Å². The van der Waals surface area contributed by atoms with E-state index in [-0.39, 0.29) is 18.7 Å². The molecule has 0 spiro atoms. The van der Waals surface area contributed by atoms with Crippen LogP contribution in [0, 0.1) is 0 Å². The minimum absolute atomic E-state index is 0.0635. The summed E-state index contributed by atoms with van der Waals surface area (Å²) in [6, 6.07) is 7.67. The van der Waals surface area contributed by atoms with E-state index < -0.39 is 0 Å². The molecule has 3 N–H and O–H groups in total. The van der Waals surface area contributed by atoms with Crippen molar-refractivity contribution >= 4 is 11.7 Å². The van der Waals surface area contributed by atoms with Crippen LogP contribution in [0.5, 0.6) is 0 Å². The Hall–Kier alpha value is -2.01. The Morgan fingerprint density at radius 1 is 1.30 bits per heavy atom. The Kier molecular flexibility index (Phi) is 5.01. The summed E-state index contributed by atoms with van der Waals surface area (Å²) in [4.78, 5) is 13.8. The van der Waals surface area contributed by atoms with Crippen molar-refractivity contribution in [3.8, 4) is 0 Å². The van der Waals surface area contributed by atoms with Gasteiger partial charge in [-0.1, -0.05) is 24.3 Å². The molecule has 20 heavy (non-hydrogen) atoms. The van der Waals surface area contributed by atoms with Crippen molar-refractivity contribution in [3.63, 3.8) is 0 Å². The predicted molar refractivity (Wildman–Crippen MR) is 79.7 cm³/mol. The summed E-state index contributed by atoms with van der Waals surface area (Å²) in [6.07, 6.45) is 4.31. The summed E-state index contributed by atoms with van der Waals surface area (Å²) in [5.41, 5.74) is 2.24. The molecular weight excluding hydrogens is 254 g/mol. The van der Waals surface area contributed by atoms with Gasteiger partial charge in [-0.05, 0) is 24.6 Å². The first kappa shape index (κ1) is 14.4. The molecule has 2 amide bonds. The molecule has 0 fully saturated rings. The van der Waals surface area contributed by atoms with Crippen LogP contribution in [-0.4, -0.2) is 36.9 Å². The molecule has 1 heterocycles. The lowest BCUT2D eigenvalue weighted by atomic mass is 10.2. The molecule has 1 aromatic rings. The average molecular weight is 275 g/mol. The molecule has 0 saturated heterocycles. The zero-order valence-corrected chi connectivity index (χ0v) is 11.7. The van der Waals surface area contributed by atoms with Crippen molar-refractivity contribution in [3.05, 3.63) is 42.0 Å². The van der Waals surface area contributed by atoms with Crippen molar-refractivity contribution in [2.45, 2.75) is 19.5 Å². The predicted octanol–water partition coefficient (Wildman–Crippen LogP) is 1.24. The lowest BCUT2D eigenvalue weighted by Crippen LogP contribution is -2.41. The Morgan fingerprint density at radius 3 is 2.55 bits per heavy atom. The van der Waals surface area contributed by atoms with E-state index in [1.54, 1.807) is 6.92 Å². The molecule has 0 saturated carbocycles. The van der Waals surface area contributed by atoms with Crippen LogP contribution >= 0.6 is 0 Å². The molecule has 0 aromatic heterocycles. The molecule has 2 rings (SSSR count). The molecule has 1 aromatic carbocycles. The maximum Gasteiger partial charge on any atom is 0.315 e. The van der Waals surface area contributed by atoms with Gasteiger partial charge < -0.3 is 20.6 Å². The number of anilines is 1. The average Bonchev–Trinajstić information content (AvgIpc) is 2.99. The zero-order valence-electron chi connectivity index (χ0n) is 11.7. The highest BCUT2D eigenvalue weighted by Gasteiger charge is 2.08. The fourth-order valence-corrected chi connectivity index (χ4v) is 2.02. The number of hydrogen-bond donors (Lipinski definition) is 3. The van der Waals surface area contributed by atoms with E-state index in [1.165, 1.54) is 5.69 Å². The van der Waals surface area contributed by atoms with Crippen LogP contribution in [0.1, 0.15) is 12.5 Å². The molecule has 0 radical (unpaired) electrons. The Labute approximate surface area is 119 Å². The fraction of sp³-hybridized carbons (Fsp3) is 0.400. The van der Waals surface area contributed by atoms with Crippen molar-refractivity contribution in [2.75, 3.05) is 24.6 Å². The first-order chi connectivity index (χ1) is 9.69. The Balaban J connectivity index is 1.80. The molecule has 0 aliphatic carbocycles. The summed E-state index contributed by atoms with van der Waals surface area (Å²) in [5.74, 6) is 0. The maximum absolute atomic E-state index is 11.5. The fourth-order valence-electron chi connectivity index (χ4n) is 2.02. The van der Waals surface area contributed by atoms with Crippen LogP contribution in [0.15, 0.2) is 36.4 Å². The van der Waals surface area contributed by atoms with Crippen LogP contribution in [0.25, 0.3) is 0 Å². The second-order valence-corrected chi connectivity index (χ2v) is 4.95. The van der Waals surface area contributed by atoms with Gasteiger partial charge in [0, 0.05) is 25.3 Å². The minimum atomic E-state index is -0.264. The van der Waals surface area contributed by atoms with Crippen LogP contribution in [-0.2, 0) is 6.54 Å². The highest BCUT2D eigenvalue weighted by Crippen LogP contribution is 2.17. The number of benzene rings is 1. The van der Waals surface area contributed by atoms with E-state index in [1.807, 2.05) is 12.1 Å². The van der Waals surface area contributed by atoms with Gasteiger partial charge in [0.25, 0.3) is 0 Å². The summed E-state index contributed by atoms with van der Waals surface area (Å²) >= 11 is 0. The van der Waals surface area contributed by atoms with Gasteiger partial charge in [0.15, 0.2) is 0 Å². The number of nitrogens with zero attached hydrogens (tertiary/aromatic N) is 1. The number of hydrogen-bond acceptors (Lipinski definition) is 3. The number of nitrogens with one attached hydrogen (secondary N) is 2. The second-order valence-electron chi connectivity index (χ2n) is 4.95. The SMILES string of the molecule is CC(CO)NC(=O)NCc1ccc(N2CC=CC2)cc1. The van der Waals surface area contributed by atoms with Gasteiger partial charge in [-0.2, -0.15) is 0 Å². The molecular formula is C15H21N3O2. The number of urea groups is 1. The van der Waals surface area contributed by atoms with Gasteiger partial charge in [0.05, 0.1) is 12.6 Å². The molecule has 0 bridgehead atoms. The largest absolute Gasteiger partial charge is 0.394 e. The first-order valence-electron chi connectivity index (χ1n) is 6.83. The van der Waals surface area contributed by atoms with Gasteiger partial charge in [0.1, 0.15) is 0 Å². The molecule has 5 nitrogen and oxygen atoms in total. The van der Waals surface area contributed by atoms with Crippen molar-refractivity contribution < 1.29 is 9.90 Å². The summed E-state index contributed by atoms with van der Waals surface area (Å²) < 4.78 is 0. The van der Waals surface area contributed by atoms with Gasteiger partial charge in [-0.3, -0.25) is 0 Å². The Bertz CT molecular complexity index is 463. The quantitative estimate of drug-likeness (QED) is 0.709. The number of carbonyl (C=O) groups is 1. The lowest BCUT2D eigenvalue weighted by molar-refractivity contribution is 0.220. The maximum atomic E-state index is 11.5. The first-order valence-corrected chi connectivity index (χ1v) is 6.83. The van der Waals surface area contributed by atoms with E-state index in [0.717, 1.165) is 18.7 Å². The molecule has 1 aliphatic heterocycles. The number of amides is 2. The number of rotatable bonds is 5. The Morgan fingerprint density at radius 2 is 1.95 bits per heavy atom. The van der Waals surface area contributed by atoms with Crippen molar-refractivity contribution in [1.29, 1.82) is 0 Å². The number of aliphatic hydroxyl groups excluding tert-OH is 1.